The van der Waals surface area contributed by atoms with Crippen molar-refractivity contribution in [2.45, 2.75) is 32.8 Å². The molecule has 1 heterocycles. The van der Waals surface area contributed by atoms with Crippen LogP contribution in [0.3, 0.4) is 0 Å². The highest BCUT2D eigenvalue weighted by atomic mass is 16.5. The van der Waals surface area contributed by atoms with Gasteiger partial charge >= 0.3 is 0 Å². The van der Waals surface area contributed by atoms with E-state index in [0.29, 0.717) is 12.0 Å². The predicted molar refractivity (Wildman–Crippen MR) is 70.9 cm³/mol. The van der Waals surface area contributed by atoms with Gasteiger partial charge in [0.25, 0.3) is 0 Å². The smallest absolute Gasteiger partial charge is 0.136 e. The maximum Gasteiger partial charge on any atom is 0.136 e. The number of methoxy groups -OCH3 is 1. The van der Waals surface area contributed by atoms with Crippen LogP contribution in [0, 0.1) is 11.3 Å². The van der Waals surface area contributed by atoms with E-state index < -0.39 is 0 Å². The SMILES string of the molecule is COC1CC(C)=C2N=C(N)C(C(C)=N)=C(O)C2C1. The van der Waals surface area contributed by atoms with Crippen molar-refractivity contribution in [1.82, 2.24) is 0 Å². The number of ether oxygens (including phenoxy) is 1. The van der Waals surface area contributed by atoms with Crippen molar-refractivity contribution in [3.8, 4) is 0 Å². The number of nitrogens with zero attached hydrogens (tertiary/aromatic N) is 1. The lowest BCUT2D eigenvalue weighted by Crippen LogP contribution is -2.33. The molecule has 1 aliphatic heterocycles. The number of aliphatic hydroxyl groups excluding tert-OH is 1. The molecule has 0 spiro atoms. The number of nitrogens with one attached hydrogen (secondary N) is 1. The maximum atomic E-state index is 10.3. The van der Waals surface area contributed by atoms with Gasteiger partial charge in [-0.1, -0.05) is 0 Å². The van der Waals surface area contributed by atoms with Gasteiger partial charge in [0.05, 0.1) is 23.3 Å². The fourth-order valence-corrected chi connectivity index (χ4v) is 2.67. The summed E-state index contributed by atoms with van der Waals surface area (Å²) in [7, 11) is 1.67. The lowest BCUT2D eigenvalue weighted by molar-refractivity contribution is 0.0759. The van der Waals surface area contributed by atoms with Gasteiger partial charge in [-0.15, -0.1) is 0 Å². The number of aliphatic imine (C=N–C) groups is 1. The van der Waals surface area contributed by atoms with Crippen LogP contribution in [0.15, 0.2) is 27.6 Å². The Balaban J connectivity index is 2.50. The lowest BCUT2D eigenvalue weighted by Gasteiger charge is -2.33. The van der Waals surface area contributed by atoms with Crippen molar-refractivity contribution >= 4 is 11.5 Å². The molecule has 5 nitrogen and oxygen atoms in total. The van der Waals surface area contributed by atoms with E-state index in [1.54, 1.807) is 14.0 Å². The van der Waals surface area contributed by atoms with Crippen LogP contribution in [-0.2, 0) is 4.74 Å². The van der Waals surface area contributed by atoms with Gasteiger partial charge < -0.3 is 21.0 Å². The second-order valence-corrected chi connectivity index (χ2v) is 4.90. The molecule has 0 saturated heterocycles. The third-order valence-corrected chi connectivity index (χ3v) is 3.59. The molecule has 2 aliphatic rings. The van der Waals surface area contributed by atoms with Crippen LogP contribution in [0.1, 0.15) is 26.7 Å². The Bertz CT molecular complexity index is 488. The van der Waals surface area contributed by atoms with Crippen molar-refractivity contribution in [2.24, 2.45) is 16.6 Å². The molecule has 98 valence electrons. The molecule has 4 N–H and O–H groups in total. The van der Waals surface area contributed by atoms with Crippen molar-refractivity contribution in [3.63, 3.8) is 0 Å². The molecular weight excluding hydrogens is 230 g/mol. The van der Waals surface area contributed by atoms with Crippen molar-refractivity contribution in [3.05, 3.63) is 22.6 Å². The Labute approximate surface area is 107 Å². The first kappa shape index (κ1) is 12.8. The molecule has 0 aromatic carbocycles. The van der Waals surface area contributed by atoms with Gasteiger partial charge in [-0.2, -0.15) is 0 Å². The fourth-order valence-electron chi connectivity index (χ4n) is 2.67. The molecule has 0 aromatic heterocycles. The van der Waals surface area contributed by atoms with Crippen LogP contribution >= 0.6 is 0 Å². The van der Waals surface area contributed by atoms with Crippen LogP contribution in [0.2, 0.25) is 0 Å². The van der Waals surface area contributed by atoms with E-state index in [1.165, 1.54) is 0 Å². The molecular formula is C13H19N3O2. The van der Waals surface area contributed by atoms with Crippen molar-refractivity contribution in [1.29, 1.82) is 5.41 Å². The van der Waals surface area contributed by atoms with Crippen LogP contribution in [-0.4, -0.2) is 29.9 Å². The quantitative estimate of drug-likeness (QED) is 0.653. The van der Waals surface area contributed by atoms with E-state index in [4.69, 9.17) is 15.9 Å². The van der Waals surface area contributed by atoms with Gasteiger partial charge in [-0.25, -0.2) is 4.99 Å². The zero-order valence-corrected chi connectivity index (χ0v) is 10.9. The Morgan fingerprint density at radius 3 is 2.78 bits per heavy atom. The number of nitrogens with two attached hydrogens (primary N) is 1. The molecule has 2 atom stereocenters. The first-order valence-corrected chi connectivity index (χ1v) is 6.01. The second kappa shape index (κ2) is 4.57. The third kappa shape index (κ3) is 1.95. The van der Waals surface area contributed by atoms with Gasteiger partial charge in [0.2, 0.25) is 0 Å². The summed E-state index contributed by atoms with van der Waals surface area (Å²) in [5, 5.41) is 18.0. The van der Waals surface area contributed by atoms with Gasteiger partial charge in [-0.05, 0) is 32.3 Å². The summed E-state index contributed by atoms with van der Waals surface area (Å²) in [6.07, 6.45) is 1.58. The highest BCUT2D eigenvalue weighted by Gasteiger charge is 2.35. The average molecular weight is 249 g/mol. The van der Waals surface area contributed by atoms with E-state index in [0.717, 1.165) is 17.7 Å². The van der Waals surface area contributed by atoms with E-state index in [2.05, 4.69) is 4.99 Å². The standard InChI is InChI=1S/C13H19N3O2/c1-6-4-8(18-3)5-9-11(6)16-13(15)10(7(2)14)12(9)17/h8-9,14,17H,4-5H2,1-3H3,(H2,15,16). The van der Waals surface area contributed by atoms with Gasteiger partial charge in [0.1, 0.15) is 11.6 Å². The van der Waals surface area contributed by atoms with Gasteiger partial charge in [0.15, 0.2) is 0 Å². The van der Waals surface area contributed by atoms with Crippen LogP contribution in [0.5, 0.6) is 0 Å². The van der Waals surface area contributed by atoms with E-state index in [1.807, 2.05) is 6.92 Å². The topological polar surface area (TPSA) is 91.7 Å². The molecule has 0 saturated carbocycles. The zero-order valence-electron chi connectivity index (χ0n) is 10.9. The van der Waals surface area contributed by atoms with Crippen LogP contribution < -0.4 is 5.73 Å². The molecule has 5 heteroatoms. The predicted octanol–water partition coefficient (Wildman–Crippen LogP) is 1.91. The number of hydrogen-bond donors (Lipinski definition) is 3. The van der Waals surface area contributed by atoms with Crippen molar-refractivity contribution in [2.75, 3.05) is 7.11 Å². The summed E-state index contributed by atoms with van der Waals surface area (Å²) >= 11 is 0. The number of hydrogen-bond acceptors (Lipinski definition) is 5. The second-order valence-electron chi connectivity index (χ2n) is 4.90. The number of rotatable bonds is 2. The van der Waals surface area contributed by atoms with Gasteiger partial charge in [0, 0.05) is 12.8 Å². The summed E-state index contributed by atoms with van der Waals surface area (Å²) in [5.74, 6) is 0.207. The minimum atomic E-state index is -0.189. The maximum absolute atomic E-state index is 10.3. The minimum absolute atomic E-state index is 0.0858. The van der Waals surface area contributed by atoms with E-state index in [-0.39, 0.29) is 29.3 Å². The fraction of sp³-hybridized carbons (Fsp3) is 0.538. The molecule has 0 aromatic rings. The number of dihydropyridines is 1. The molecule has 0 bridgehead atoms. The normalized spacial score (nSPS) is 28.1. The number of fused-ring (bicyclic) bond motifs is 1. The summed E-state index contributed by atoms with van der Waals surface area (Å²) in [6, 6.07) is 0. The molecule has 18 heavy (non-hydrogen) atoms. The molecule has 1 aliphatic carbocycles. The Morgan fingerprint density at radius 1 is 1.56 bits per heavy atom. The number of aliphatic hydroxyl groups is 1. The molecule has 0 radical (unpaired) electrons. The first-order valence-electron chi connectivity index (χ1n) is 6.01. The van der Waals surface area contributed by atoms with Crippen LogP contribution in [0.4, 0.5) is 0 Å². The molecule has 0 fully saturated rings. The summed E-state index contributed by atoms with van der Waals surface area (Å²) in [6.45, 7) is 3.59. The average Bonchev–Trinajstić information content (AvgIpc) is 2.29. The summed E-state index contributed by atoms with van der Waals surface area (Å²) < 4.78 is 5.38. The molecule has 2 unspecified atom stereocenters. The summed E-state index contributed by atoms with van der Waals surface area (Å²) in [5.41, 5.74) is 8.37. The number of amidine groups is 1. The highest BCUT2D eigenvalue weighted by Crippen LogP contribution is 2.39. The van der Waals surface area contributed by atoms with E-state index >= 15 is 0 Å². The Morgan fingerprint density at radius 2 is 2.22 bits per heavy atom. The zero-order chi connectivity index (χ0) is 13.4. The highest BCUT2D eigenvalue weighted by molar-refractivity contribution is 6.22. The Hall–Kier alpha value is -1.62. The van der Waals surface area contributed by atoms with E-state index in [9.17, 15) is 5.11 Å². The summed E-state index contributed by atoms with van der Waals surface area (Å²) in [4.78, 5) is 4.37. The molecule has 2 rings (SSSR count). The lowest BCUT2D eigenvalue weighted by atomic mass is 9.81. The van der Waals surface area contributed by atoms with Gasteiger partial charge in [-0.3, -0.25) is 0 Å². The third-order valence-electron chi connectivity index (χ3n) is 3.59. The monoisotopic (exact) mass is 249 g/mol. The Kier molecular flexibility index (Phi) is 3.26. The first-order chi connectivity index (χ1) is 8.45. The molecule has 0 amide bonds. The minimum Gasteiger partial charge on any atom is -0.511 e. The largest absolute Gasteiger partial charge is 0.511 e. The van der Waals surface area contributed by atoms with Crippen LogP contribution in [0.25, 0.3) is 0 Å². The van der Waals surface area contributed by atoms with Crippen molar-refractivity contribution < 1.29 is 9.84 Å².